The number of thiocarbonyl (C=S) groups is 1. The summed E-state index contributed by atoms with van der Waals surface area (Å²) in [7, 11) is 1.40. The monoisotopic (exact) mass is 462 g/mol. The fourth-order valence-corrected chi connectivity index (χ4v) is 3.69. The first-order valence-corrected chi connectivity index (χ1v) is 9.88. The van der Waals surface area contributed by atoms with Gasteiger partial charge in [0.2, 0.25) is 0 Å². The van der Waals surface area contributed by atoms with E-state index in [1.165, 1.54) is 25.3 Å². The first kappa shape index (κ1) is 22.2. The second-order valence-corrected chi connectivity index (χ2v) is 7.73. The largest absolute Gasteiger partial charge is 0.493 e. The Kier molecular flexibility index (Phi) is 6.88. The highest BCUT2D eigenvalue weighted by molar-refractivity contribution is 8.26. The highest BCUT2D eigenvalue weighted by atomic mass is 32.2. The fraction of sp³-hybridized carbons (Fsp3) is 0.100. The first-order valence-electron chi connectivity index (χ1n) is 8.65. The molecule has 2 amide bonds. The molecule has 0 aliphatic carbocycles. The van der Waals surface area contributed by atoms with Gasteiger partial charge in [-0.25, -0.2) is 9.18 Å². The molecule has 1 heterocycles. The number of amides is 2. The van der Waals surface area contributed by atoms with Gasteiger partial charge in [-0.3, -0.25) is 15.0 Å². The van der Waals surface area contributed by atoms with Crippen LogP contribution in [0, 0.1) is 5.82 Å². The highest BCUT2D eigenvalue weighted by Crippen LogP contribution is 2.34. The molecule has 0 unspecified atom stereocenters. The molecule has 1 aliphatic rings. The summed E-state index contributed by atoms with van der Waals surface area (Å²) in [4.78, 5) is 35.9. The van der Waals surface area contributed by atoms with E-state index in [1.54, 1.807) is 18.2 Å². The van der Waals surface area contributed by atoms with Gasteiger partial charge in [0, 0.05) is 5.56 Å². The van der Waals surface area contributed by atoms with Gasteiger partial charge in [0.25, 0.3) is 11.8 Å². The second-order valence-electron chi connectivity index (χ2n) is 6.06. The van der Waals surface area contributed by atoms with E-state index in [2.05, 4.69) is 5.43 Å². The number of methoxy groups -OCH3 is 1. The molecular formula is C20H15FN2O6S2. The van der Waals surface area contributed by atoms with Crippen molar-refractivity contribution in [2.24, 2.45) is 0 Å². The van der Waals surface area contributed by atoms with Gasteiger partial charge >= 0.3 is 5.97 Å². The zero-order valence-corrected chi connectivity index (χ0v) is 17.6. The van der Waals surface area contributed by atoms with E-state index in [1.807, 2.05) is 0 Å². The topological polar surface area (TPSA) is 105 Å². The Balaban J connectivity index is 1.75. The SMILES string of the molecule is COc1cc(/C=C2/SC(=S)N(NC(=O)c3ccc(F)cc3)C2=O)ccc1OCC(=O)O. The summed E-state index contributed by atoms with van der Waals surface area (Å²) >= 11 is 6.17. The number of carboxylic acids is 1. The van der Waals surface area contributed by atoms with Crippen molar-refractivity contribution in [3.63, 3.8) is 0 Å². The number of nitrogens with one attached hydrogen (secondary N) is 1. The van der Waals surface area contributed by atoms with E-state index in [0.29, 0.717) is 5.56 Å². The lowest BCUT2D eigenvalue weighted by Crippen LogP contribution is -2.44. The first-order chi connectivity index (χ1) is 14.8. The number of carboxylic acid groups (broad SMARTS) is 1. The molecule has 0 aromatic heterocycles. The van der Waals surface area contributed by atoms with Crippen LogP contribution >= 0.6 is 24.0 Å². The Morgan fingerprint density at radius 1 is 1.23 bits per heavy atom. The van der Waals surface area contributed by atoms with E-state index >= 15 is 0 Å². The minimum Gasteiger partial charge on any atom is -0.493 e. The van der Waals surface area contributed by atoms with Crippen LogP contribution in [0.4, 0.5) is 4.39 Å². The van der Waals surface area contributed by atoms with Crippen LogP contribution in [0.3, 0.4) is 0 Å². The van der Waals surface area contributed by atoms with Crippen molar-refractivity contribution in [3.05, 3.63) is 64.3 Å². The predicted molar refractivity (Wildman–Crippen MR) is 115 cm³/mol. The molecule has 11 heteroatoms. The van der Waals surface area contributed by atoms with Gasteiger partial charge in [-0.15, -0.1) is 0 Å². The molecule has 0 saturated carbocycles. The van der Waals surface area contributed by atoms with Crippen molar-refractivity contribution in [2.45, 2.75) is 0 Å². The Labute approximate surface area is 185 Å². The Hall–Kier alpha value is -3.44. The van der Waals surface area contributed by atoms with Gasteiger partial charge in [0.05, 0.1) is 12.0 Å². The average molecular weight is 462 g/mol. The minimum atomic E-state index is -1.13. The van der Waals surface area contributed by atoms with Crippen LogP contribution in [0.15, 0.2) is 47.4 Å². The molecular weight excluding hydrogens is 447 g/mol. The minimum absolute atomic E-state index is 0.125. The van der Waals surface area contributed by atoms with Gasteiger partial charge in [0.15, 0.2) is 22.4 Å². The number of ether oxygens (including phenoxy) is 2. The highest BCUT2D eigenvalue weighted by Gasteiger charge is 2.33. The van der Waals surface area contributed by atoms with E-state index in [0.717, 1.165) is 28.9 Å². The number of carbonyl (C=O) groups is 3. The van der Waals surface area contributed by atoms with Gasteiger partial charge in [-0.2, -0.15) is 5.01 Å². The summed E-state index contributed by atoms with van der Waals surface area (Å²) in [5.41, 5.74) is 3.15. The summed E-state index contributed by atoms with van der Waals surface area (Å²) in [6, 6.07) is 9.55. The van der Waals surface area contributed by atoms with Crippen molar-refractivity contribution in [2.75, 3.05) is 13.7 Å². The van der Waals surface area contributed by atoms with E-state index < -0.39 is 30.2 Å². The lowest BCUT2D eigenvalue weighted by Gasteiger charge is -2.15. The third-order valence-corrected chi connectivity index (χ3v) is 5.25. The lowest BCUT2D eigenvalue weighted by atomic mass is 10.2. The van der Waals surface area contributed by atoms with Gasteiger partial charge in [-0.05, 0) is 60.3 Å². The quantitative estimate of drug-likeness (QED) is 0.478. The smallest absolute Gasteiger partial charge is 0.341 e. The molecule has 2 aromatic rings. The van der Waals surface area contributed by atoms with Crippen LogP contribution in [0.2, 0.25) is 0 Å². The third-order valence-electron chi connectivity index (χ3n) is 3.95. The van der Waals surface area contributed by atoms with Gasteiger partial charge in [0.1, 0.15) is 5.82 Å². The molecule has 8 nitrogen and oxygen atoms in total. The molecule has 3 rings (SSSR count). The molecule has 0 atom stereocenters. The maximum absolute atomic E-state index is 13.0. The normalized spacial score (nSPS) is 14.6. The number of benzene rings is 2. The number of carbonyl (C=O) groups excluding carboxylic acids is 2. The second kappa shape index (κ2) is 9.58. The van der Waals surface area contributed by atoms with Crippen molar-refractivity contribution >= 4 is 52.2 Å². The van der Waals surface area contributed by atoms with Crippen LogP contribution in [-0.2, 0) is 9.59 Å². The number of thioether (sulfide) groups is 1. The summed E-state index contributed by atoms with van der Waals surface area (Å²) in [5.74, 6) is -2.23. The average Bonchev–Trinajstić information content (AvgIpc) is 3.00. The van der Waals surface area contributed by atoms with Crippen LogP contribution in [0.1, 0.15) is 15.9 Å². The zero-order chi connectivity index (χ0) is 22.5. The van der Waals surface area contributed by atoms with Crippen molar-refractivity contribution in [3.8, 4) is 11.5 Å². The lowest BCUT2D eigenvalue weighted by molar-refractivity contribution is -0.139. The Morgan fingerprint density at radius 2 is 1.94 bits per heavy atom. The van der Waals surface area contributed by atoms with Crippen LogP contribution in [0.25, 0.3) is 6.08 Å². The number of aliphatic carboxylic acids is 1. The molecule has 0 radical (unpaired) electrons. The third kappa shape index (κ3) is 5.38. The molecule has 1 saturated heterocycles. The summed E-state index contributed by atoms with van der Waals surface area (Å²) in [6.45, 7) is -0.526. The Morgan fingerprint density at radius 3 is 2.58 bits per heavy atom. The number of halogens is 1. The summed E-state index contributed by atoms with van der Waals surface area (Å²) < 4.78 is 23.5. The summed E-state index contributed by atoms with van der Waals surface area (Å²) in [6.07, 6.45) is 1.55. The van der Waals surface area contributed by atoms with E-state index in [-0.39, 0.29) is 26.3 Å². The molecule has 1 fully saturated rings. The van der Waals surface area contributed by atoms with Crippen LogP contribution < -0.4 is 14.9 Å². The number of nitrogens with zero attached hydrogens (tertiary/aromatic N) is 1. The van der Waals surface area contributed by atoms with Crippen molar-refractivity contribution < 1.29 is 33.4 Å². The van der Waals surface area contributed by atoms with Crippen LogP contribution in [-0.4, -0.2) is 45.9 Å². The zero-order valence-electron chi connectivity index (χ0n) is 16.0. The molecule has 2 N–H and O–H groups in total. The summed E-state index contributed by atoms with van der Waals surface area (Å²) in [5, 5.41) is 9.67. The predicted octanol–water partition coefficient (Wildman–Crippen LogP) is 2.84. The van der Waals surface area contributed by atoms with Crippen molar-refractivity contribution in [1.29, 1.82) is 0 Å². The molecule has 2 aromatic carbocycles. The maximum atomic E-state index is 13.0. The fourth-order valence-electron chi connectivity index (χ4n) is 2.52. The molecule has 0 bridgehead atoms. The number of rotatable bonds is 7. The molecule has 0 spiro atoms. The Bertz CT molecular complexity index is 1090. The molecule has 31 heavy (non-hydrogen) atoms. The van der Waals surface area contributed by atoms with Crippen LogP contribution in [0.5, 0.6) is 11.5 Å². The van der Waals surface area contributed by atoms with E-state index in [4.69, 9.17) is 26.8 Å². The number of hydrogen-bond acceptors (Lipinski definition) is 7. The molecule has 160 valence electrons. The van der Waals surface area contributed by atoms with Gasteiger partial charge in [-0.1, -0.05) is 17.8 Å². The molecule has 1 aliphatic heterocycles. The van der Waals surface area contributed by atoms with Crippen molar-refractivity contribution in [1.82, 2.24) is 10.4 Å². The van der Waals surface area contributed by atoms with Gasteiger partial charge < -0.3 is 14.6 Å². The number of hydrazine groups is 1. The maximum Gasteiger partial charge on any atom is 0.341 e. The number of hydrogen-bond donors (Lipinski definition) is 2. The van der Waals surface area contributed by atoms with E-state index in [9.17, 15) is 18.8 Å². The standard InChI is InChI=1S/C20H15FN2O6S2/c1-28-15-8-11(2-7-14(15)29-10-17(24)25)9-16-19(27)23(20(30)31-16)22-18(26)12-3-5-13(21)6-4-12/h2-9H,10H2,1H3,(H,22,26)(H,24,25)/b16-9+.